The highest BCUT2D eigenvalue weighted by Gasteiger charge is 2.16. The summed E-state index contributed by atoms with van der Waals surface area (Å²) in [5.74, 6) is -0.0553. The Morgan fingerprint density at radius 2 is 1.58 bits per heavy atom. The molecule has 0 aromatic heterocycles. The van der Waals surface area contributed by atoms with E-state index in [4.69, 9.17) is 4.74 Å². The Balaban J connectivity index is 2.25. The Morgan fingerprint density at radius 1 is 1.00 bits per heavy atom. The van der Waals surface area contributed by atoms with Gasteiger partial charge in [-0.3, -0.25) is 9.69 Å². The molecule has 2 rings (SSSR count). The molecule has 1 amide bonds. The molecule has 0 atom stereocenters. The van der Waals surface area contributed by atoms with Crippen LogP contribution in [0.5, 0.6) is 0 Å². The Bertz CT molecular complexity index is 511. The van der Waals surface area contributed by atoms with Gasteiger partial charge in [-0.05, 0) is 31.2 Å². The normalized spacial score (nSPS) is 10.2. The predicted molar refractivity (Wildman–Crippen MR) is 76.2 cm³/mol. The van der Waals surface area contributed by atoms with Gasteiger partial charge in [0, 0.05) is 17.9 Å². The highest BCUT2D eigenvalue weighted by Crippen LogP contribution is 2.16. The van der Waals surface area contributed by atoms with Gasteiger partial charge in [0.25, 0.3) is 5.91 Å². The Hall–Kier alpha value is -2.13. The van der Waals surface area contributed by atoms with E-state index >= 15 is 0 Å². The molecule has 3 nitrogen and oxygen atoms in total. The number of benzene rings is 2. The van der Waals surface area contributed by atoms with Crippen molar-refractivity contribution in [1.29, 1.82) is 0 Å². The Kier molecular flexibility index (Phi) is 4.70. The molecule has 0 N–H and O–H groups in total. The summed E-state index contributed by atoms with van der Waals surface area (Å²) < 4.78 is 5.40. The van der Waals surface area contributed by atoms with E-state index in [1.165, 1.54) is 0 Å². The van der Waals surface area contributed by atoms with Gasteiger partial charge in [0.05, 0.1) is 0 Å². The van der Waals surface area contributed by atoms with Crippen molar-refractivity contribution >= 4 is 11.6 Å². The first-order valence-corrected chi connectivity index (χ1v) is 6.32. The minimum atomic E-state index is -0.0553. The third-order valence-electron chi connectivity index (χ3n) is 2.76. The van der Waals surface area contributed by atoms with Crippen LogP contribution in [0.2, 0.25) is 0 Å². The van der Waals surface area contributed by atoms with Gasteiger partial charge in [0.1, 0.15) is 6.73 Å². The average molecular weight is 255 g/mol. The maximum Gasteiger partial charge on any atom is 0.260 e. The van der Waals surface area contributed by atoms with Crippen LogP contribution in [-0.4, -0.2) is 19.2 Å². The van der Waals surface area contributed by atoms with Crippen LogP contribution in [0.3, 0.4) is 0 Å². The Labute approximate surface area is 113 Å². The average Bonchev–Trinajstić information content (AvgIpc) is 2.49. The minimum Gasteiger partial charge on any atom is -0.361 e. The summed E-state index contributed by atoms with van der Waals surface area (Å²) in [4.78, 5) is 14.1. The van der Waals surface area contributed by atoms with Crippen molar-refractivity contribution in [2.75, 3.05) is 18.2 Å². The van der Waals surface area contributed by atoms with Crippen LogP contribution in [0.1, 0.15) is 17.3 Å². The number of hydrogen-bond acceptors (Lipinski definition) is 2. The molecule has 0 saturated carbocycles. The van der Waals surface area contributed by atoms with Crippen molar-refractivity contribution in [2.45, 2.75) is 6.92 Å². The Morgan fingerprint density at radius 3 is 2.16 bits per heavy atom. The topological polar surface area (TPSA) is 29.5 Å². The van der Waals surface area contributed by atoms with Crippen LogP contribution < -0.4 is 4.90 Å². The number of hydrogen-bond donors (Lipinski definition) is 0. The second-order valence-corrected chi connectivity index (χ2v) is 4.06. The lowest BCUT2D eigenvalue weighted by atomic mass is 10.2. The molecule has 0 saturated heterocycles. The second-order valence-electron chi connectivity index (χ2n) is 4.06. The number of anilines is 1. The first kappa shape index (κ1) is 13.3. The number of amides is 1. The first-order valence-electron chi connectivity index (χ1n) is 6.32. The highest BCUT2D eigenvalue weighted by molar-refractivity contribution is 6.05. The van der Waals surface area contributed by atoms with Crippen LogP contribution in [0.25, 0.3) is 0 Å². The molecular weight excluding hydrogens is 238 g/mol. The number of para-hydroxylation sites is 1. The van der Waals surface area contributed by atoms with E-state index in [-0.39, 0.29) is 12.6 Å². The third kappa shape index (κ3) is 3.42. The van der Waals surface area contributed by atoms with E-state index < -0.39 is 0 Å². The summed E-state index contributed by atoms with van der Waals surface area (Å²) in [6.45, 7) is 2.75. The quantitative estimate of drug-likeness (QED) is 0.767. The summed E-state index contributed by atoms with van der Waals surface area (Å²) in [7, 11) is 0. The third-order valence-corrected chi connectivity index (χ3v) is 2.76. The lowest BCUT2D eigenvalue weighted by Crippen LogP contribution is -2.33. The highest BCUT2D eigenvalue weighted by atomic mass is 16.5. The summed E-state index contributed by atoms with van der Waals surface area (Å²) in [5, 5.41) is 0. The molecule has 19 heavy (non-hydrogen) atoms. The number of carbonyl (C=O) groups is 1. The fourth-order valence-corrected chi connectivity index (χ4v) is 1.78. The molecule has 0 heterocycles. The van der Waals surface area contributed by atoms with Crippen LogP contribution >= 0.6 is 0 Å². The fraction of sp³-hybridized carbons (Fsp3) is 0.188. The van der Waals surface area contributed by atoms with Gasteiger partial charge < -0.3 is 4.74 Å². The van der Waals surface area contributed by atoms with Gasteiger partial charge in [-0.1, -0.05) is 36.4 Å². The van der Waals surface area contributed by atoms with Crippen LogP contribution in [-0.2, 0) is 4.74 Å². The van der Waals surface area contributed by atoms with Crippen molar-refractivity contribution in [1.82, 2.24) is 0 Å². The zero-order chi connectivity index (χ0) is 13.5. The minimum absolute atomic E-state index is 0.0553. The smallest absolute Gasteiger partial charge is 0.260 e. The maximum absolute atomic E-state index is 12.5. The summed E-state index contributed by atoms with van der Waals surface area (Å²) >= 11 is 0. The number of ether oxygens (including phenoxy) is 1. The lowest BCUT2D eigenvalue weighted by Gasteiger charge is -2.22. The number of rotatable bonds is 5. The zero-order valence-corrected chi connectivity index (χ0v) is 11.0. The van der Waals surface area contributed by atoms with E-state index in [1.54, 1.807) is 4.90 Å². The molecule has 98 valence electrons. The van der Waals surface area contributed by atoms with Gasteiger partial charge in [-0.2, -0.15) is 0 Å². The van der Waals surface area contributed by atoms with Crippen LogP contribution in [0.15, 0.2) is 60.7 Å². The van der Waals surface area contributed by atoms with Gasteiger partial charge in [0.15, 0.2) is 0 Å². The summed E-state index contributed by atoms with van der Waals surface area (Å²) in [5.41, 5.74) is 1.50. The second kappa shape index (κ2) is 6.71. The standard InChI is InChI=1S/C16H17NO2/c1-2-19-13-17(15-11-7-4-8-12-15)16(18)14-9-5-3-6-10-14/h3-12H,2,13H2,1H3. The van der Waals surface area contributed by atoms with E-state index in [9.17, 15) is 4.79 Å². The largest absolute Gasteiger partial charge is 0.361 e. The van der Waals surface area contributed by atoms with Crippen molar-refractivity contribution < 1.29 is 9.53 Å². The molecule has 0 bridgehead atoms. The molecule has 0 aliphatic carbocycles. The summed E-state index contributed by atoms with van der Waals surface area (Å²) in [6.07, 6.45) is 0. The number of nitrogens with zero attached hydrogens (tertiary/aromatic N) is 1. The molecule has 0 fully saturated rings. The molecule has 0 spiro atoms. The van der Waals surface area contributed by atoms with Crippen molar-refractivity contribution in [2.24, 2.45) is 0 Å². The van der Waals surface area contributed by atoms with Crippen molar-refractivity contribution in [3.8, 4) is 0 Å². The van der Waals surface area contributed by atoms with Crippen LogP contribution in [0.4, 0.5) is 5.69 Å². The van der Waals surface area contributed by atoms with E-state index in [1.807, 2.05) is 67.6 Å². The molecule has 0 aliphatic heterocycles. The molecular formula is C16H17NO2. The van der Waals surface area contributed by atoms with E-state index in [0.717, 1.165) is 5.69 Å². The zero-order valence-electron chi connectivity index (χ0n) is 11.0. The number of carbonyl (C=O) groups excluding carboxylic acids is 1. The van der Waals surface area contributed by atoms with Crippen molar-refractivity contribution in [3.05, 3.63) is 66.2 Å². The van der Waals surface area contributed by atoms with Crippen LogP contribution in [0, 0.1) is 0 Å². The van der Waals surface area contributed by atoms with Gasteiger partial charge >= 0.3 is 0 Å². The molecule has 0 unspecified atom stereocenters. The monoisotopic (exact) mass is 255 g/mol. The van der Waals surface area contributed by atoms with Gasteiger partial charge in [-0.25, -0.2) is 0 Å². The van der Waals surface area contributed by atoms with Gasteiger partial charge in [-0.15, -0.1) is 0 Å². The van der Waals surface area contributed by atoms with E-state index in [0.29, 0.717) is 12.2 Å². The molecule has 2 aromatic rings. The SMILES string of the molecule is CCOCN(C(=O)c1ccccc1)c1ccccc1. The lowest BCUT2D eigenvalue weighted by molar-refractivity contribution is 0.0901. The fourth-order valence-electron chi connectivity index (χ4n) is 1.78. The van der Waals surface area contributed by atoms with E-state index in [2.05, 4.69) is 0 Å². The predicted octanol–water partition coefficient (Wildman–Crippen LogP) is 3.33. The first-order chi connectivity index (χ1) is 9.33. The molecule has 3 heteroatoms. The molecule has 0 radical (unpaired) electrons. The van der Waals surface area contributed by atoms with Gasteiger partial charge in [0.2, 0.25) is 0 Å². The maximum atomic E-state index is 12.5. The van der Waals surface area contributed by atoms with Crippen molar-refractivity contribution in [3.63, 3.8) is 0 Å². The molecule has 0 aliphatic rings. The summed E-state index contributed by atoms with van der Waals surface area (Å²) in [6, 6.07) is 18.8. The molecule has 2 aromatic carbocycles.